The molecule has 0 amide bonds. The van der Waals surface area contributed by atoms with Gasteiger partial charge in [0.05, 0.1) is 18.0 Å². The Bertz CT molecular complexity index is 741. The second kappa shape index (κ2) is 8.92. The first-order valence-electron chi connectivity index (χ1n) is 7.79. The summed E-state index contributed by atoms with van der Waals surface area (Å²) < 4.78 is 26.9. The third kappa shape index (κ3) is 6.14. The Balaban J connectivity index is 1.90. The van der Waals surface area contributed by atoms with Crippen LogP contribution in [0.1, 0.15) is 30.1 Å². The largest absolute Gasteiger partial charge is 0.298 e. The average molecular weight is 388 g/mol. The molecular weight excluding hydrogens is 366 g/mol. The molecule has 0 aliphatic rings. The normalized spacial score (nSPS) is 12.0. The van der Waals surface area contributed by atoms with Crippen LogP contribution < -0.4 is 4.72 Å². The first kappa shape index (κ1) is 19.3. The van der Waals surface area contributed by atoms with Crippen molar-refractivity contribution in [2.75, 3.05) is 13.1 Å². The van der Waals surface area contributed by atoms with E-state index in [9.17, 15) is 8.42 Å². The number of nitrogens with zero attached hydrogens (tertiary/aromatic N) is 2. The lowest BCUT2D eigenvalue weighted by Crippen LogP contribution is -2.25. The van der Waals surface area contributed by atoms with Gasteiger partial charge in [0, 0.05) is 16.9 Å². The molecule has 5 nitrogen and oxygen atoms in total. The van der Waals surface area contributed by atoms with Crippen LogP contribution in [0, 0.1) is 0 Å². The zero-order valence-corrected chi connectivity index (χ0v) is 16.2. The van der Waals surface area contributed by atoms with Crippen molar-refractivity contribution in [1.82, 2.24) is 14.6 Å². The van der Waals surface area contributed by atoms with Crippen molar-refractivity contribution in [3.05, 3.63) is 50.9 Å². The minimum absolute atomic E-state index is 0.0676. The van der Waals surface area contributed by atoms with Crippen LogP contribution in [0.4, 0.5) is 0 Å². The van der Waals surface area contributed by atoms with Crippen LogP contribution >= 0.6 is 22.9 Å². The van der Waals surface area contributed by atoms with Crippen molar-refractivity contribution < 1.29 is 8.42 Å². The number of nitrogens with one attached hydrogen (secondary N) is 1. The number of hydrogen-bond acceptors (Lipinski definition) is 5. The number of hydrogen-bond donors (Lipinski definition) is 1. The highest BCUT2D eigenvalue weighted by molar-refractivity contribution is 7.88. The van der Waals surface area contributed by atoms with Gasteiger partial charge in [-0.1, -0.05) is 37.6 Å². The van der Waals surface area contributed by atoms with E-state index in [-0.39, 0.29) is 12.3 Å². The highest BCUT2D eigenvalue weighted by Gasteiger charge is 2.13. The summed E-state index contributed by atoms with van der Waals surface area (Å²) in [5, 5.41) is 3.35. The molecule has 0 spiro atoms. The van der Waals surface area contributed by atoms with Gasteiger partial charge >= 0.3 is 0 Å². The molecule has 0 aliphatic heterocycles. The van der Waals surface area contributed by atoms with Crippen molar-refractivity contribution in [2.24, 2.45) is 0 Å². The first-order valence-corrected chi connectivity index (χ1v) is 10.7. The van der Waals surface area contributed by atoms with Gasteiger partial charge < -0.3 is 0 Å². The van der Waals surface area contributed by atoms with Gasteiger partial charge in [-0.2, -0.15) is 0 Å². The molecule has 1 aromatic carbocycles. The second-order valence-electron chi connectivity index (χ2n) is 5.40. The van der Waals surface area contributed by atoms with Gasteiger partial charge in [0.1, 0.15) is 5.01 Å². The Morgan fingerprint density at radius 1 is 1.21 bits per heavy atom. The molecule has 1 heterocycles. The van der Waals surface area contributed by atoms with Crippen LogP contribution in [0.5, 0.6) is 0 Å². The summed E-state index contributed by atoms with van der Waals surface area (Å²) in [7, 11) is -3.41. The molecule has 2 rings (SSSR count). The van der Waals surface area contributed by atoms with E-state index in [1.165, 1.54) is 11.3 Å². The average Bonchev–Trinajstić information content (AvgIpc) is 3.00. The quantitative estimate of drug-likeness (QED) is 0.717. The number of benzene rings is 1. The smallest absolute Gasteiger partial charge is 0.216 e. The van der Waals surface area contributed by atoms with E-state index in [1.807, 2.05) is 5.38 Å². The predicted octanol–water partition coefficient (Wildman–Crippen LogP) is 3.26. The van der Waals surface area contributed by atoms with E-state index < -0.39 is 10.0 Å². The molecule has 1 N–H and O–H groups in total. The molecule has 0 saturated carbocycles. The zero-order chi connectivity index (χ0) is 17.6. The molecule has 0 bridgehead atoms. The topological polar surface area (TPSA) is 62.3 Å². The zero-order valence-electron chi connectivity index (χ0n) is 13.8. The SMILES string of the molecule is CCN(CC)Cc1csc(CNS(=O)(=O)Cc2ccc(Cl)cc2)n1. The molecule has 1 aromatic heterocycles. The fourth-order valence-corrected chi connectivity index (χ4v) is 4.23. The minimum atomic E-state index is -3.41. The van der Waals surface area contributed by atoms with Crippen molar-refractivity contribution in [3.63, 3.8) is 0 Å². The molecule has 0 aliphatic carbocycles. The van der Waals surface area contributed by atoms with Crippen molar-refractivity contribution in [2.45, 2.75) is 32.7 Å². The van der Waals surface area contributed by atoms with Gasteiger partial charge in [0.15, 0.2) is 0 Å². The summed E-state index contributed by atoms with van der Waals surface area (Å²) in [5.74, 6) is -0.0676. The Kier molecular flexibility index (Phi) is 7.18. The first-order chi connectivity index (χ1) is 11.4. The molecule has 0 fully saturated rings. The van der Waals surface area contributed by atoms with Gasteiger partial charge in [-0.05, 0) is 30.8 Å². The van der Waals surface area contributed by atoms with E-state index in [0.29, 0.717) is 10.6 Å². The third-order valence-corrected chi connectivity index (χ3v) is 6.04. The Morgan fingerprint density at radius 2 is 1.88 bits per heavy atom. The van der Waals surface area contributed by atoms with E-state index in [0.717, 1.165) is 30.3 Å². The van der Waals surface area contributed by atoms with Crippen LogP contribution in [-0.2, 0) is 28.9 Å². The summed E-state index contributed by atoms with van der Waals surface area (Å²) in [6.07, 6.45) is 0. The molecule has 2 aromatic rings. The van der Waals surface area contributed by atoms with E-state index >= 15 is 0 Å². The standard InChI is InChI=1S/C16H22ClN3O2S2/c1-3-20(4-2)10-15-11-23-16(19-15)9-18-24(21,22)12-13-5-7-14(17)8-6-13/h5-8,11,18H,3-4,9-10,12H2,1-2H3. The molecule has 0 atom stereocenters. The van der Waals surface area contributed by atoms with Gasteiger partial charge in [-0.15, -0.1) is 11.3 Å². The number of thiazole rings is 1. The molecule has 24 heavy (non-hydrogen) atoms. The molecule has 132 valence electrons. The summed E-state index contributed by atoms with van der Waals surface area (Å²) >= 11 is 7.29. The van der Waals surface area contributed by atoms with Gasteiger partial charge in [0.25, 0.3) is 0 Å². The second-order valence-corrected chi connectivity index (χ2v) is 8.59. The molecular formula is C16H22ClN3O2S2. The van der Waals surface area contributed by atoms with Crippen molar-refractivity contribution in [1.29, 1.82) is 0 Å². The van der Waals surface area contributed by atoms with Crippen LogP contribution in [0.3, 0.4) is 0 Å². The summed E-state index contributed by atoms with van der Waals surface area (Å²) in [4.78, 5) is 6.77. The van der Waals surface area contributed by atoms with Crippen molar-refractivity contribution in [3.8, 4) is 0 Å². The van der Waals surface area contributed by atoms with Crippen LogP contribution in [-0.4, -0.2) is 31.4 Å². The fourth-order valence-electron chi connectivity index (χ4n) is 2.20. The van der Waals surface area contributed by atoms with E-state index in [2.05, 4.69) is 28.5 Å². The van der Waals surface area contributed by atoms with Gasteiger partial charge in [0.2, 0.25) is 10.0 Å². The number of rotatable bonds is 9. The monoisotopic (exact) mass is 387 g/mol. The Morgan fingerprint density at radius 3 is 2.50 bits per heavy atom. The number of aromatic nitrogens is 1. The molecule has 0 unspecified atom stereocenters. The van der Waals surface area contributed by atoms with Crippen LogP contribution in [0.15, 0.2) is 29.6 Å². The lowest BCUT2D eigenvalue weighted by atomic mass is 10.2. The number of halogens is 1. The third-order valence-electron chi connectivity index (χ3n) is 3.59. The van der Waals surface area contributed by atoms with E-state index in [1.54, 1.807) is 24.3 Å². The summed E-state index contributed by atoms with van der Waals surface area (Å²) in [6.45, 7) is 7.18. The molecule has 8 heteroatoms. The highest BCUT2D eigenvalue weighted by Crippen LogP contribution is 2.14. The predicted molar refractivity (Wildman–Crippen MR) is 99.7 cm³/mol. The van der Waals surface area contributed by atoms with Gasteiger partial charge in [-0.25, -0.2) is 18.1 Å². The lowest BCUT2D eigenvalue weighted by molar-refractivity contribution is 0.292. The molecule has 0 radical (unpaired) electrons. The Labute approximate surface area is 152 Å². The Hall–Kier alpha value is -0.990. The minimum Gasteiger partial charge on any atom is -0.298 e. The van der Waals surface area contributed by atoms with Crippen LogP contribution in [0.25, 0.3) is 0 Å². The summed E-state index contributed by atoms with van der Waals surface area (Å²) in [5.41, 5.74) is 1.68. The molecule has 0 saturated heterocycles. The van der Waals surface area contributed by atoms with Gasteiger partial charge in [-0.3, -0.25) is 4.90 Å². The summed E-state index contributed by atoms with van der Waals surface area (Å²) in [6, 6.07) is 6.81. The van der Waals surface area contributed by atoms with Crippen molar-refractivity contribution >= 4 is 33.0 Å². The maximum absolute atomic E-state index is 12.2. The lowest BCUT2D eigenvalue weighted by Gasteiger charge is -2.15. The highest BCUT2D eigenvalue weighted by atomic mass is 35.5. The number of sulfonamides is 1. The maximum Gasteiger partial charge on any atom is 0.216 e. The maximum atomic E-state index is 12.2. The van der Waals surface area contributed by atoms with Crippen LogP contribution in [0.2, 0.25) is 5.02 Å². The van der Waals surface area contributed by atoms with E-state index in [4.69, 9.17) is 11.6 Å². The fraction of sp³-hybridized carbons (Fsp3) is 0.438.